The number of nitrogens with one attached hydrogen (secondary N) is 2. The monoisotopic (exact) mass is 306 g/mol. The fraction of sp³-hybridized carbons (Fsp3) is 0.667. The third-order valence-electron chi connectivity index (χ3n) is 4.65. The predicted molar refractivity (Wildman–Crippen MR) is 86.3 cm³/mol. The van der Waals surface area contributed by atoms with Crippen LogP contribution in [0, 0.1) is 5.92 Å². The van der Waals surface area contributed by atoms with E-state index < -0.39 is 5.66 Å². The highest BCUT2D eigenvalue weighted by molar-refractivity contribution is 5.62. The number of nitrogens with zero attached hydrogens (tertiary/aromatic N) is 2. The van der Waals surface area contributed by atoms with Crippen LogP contribution in [-0.2, 0) is 4.74 Å². The van der Waals surface area contributed by atoms with Crippen LogP contribution in [0.15, 0.2) is 18.5 Å². The molecule has 2 heterocycles. The number of hydrogen-bond acceptors (Lipinski definition) is 6. The number of methoxy groups -OCH3 is 1. The maximum absolute atomic E-state index is 6.70. The Bertz CT molecular complexity index is 534. The molecule has 7 nitrogen and oxygen atoms in total. The Kier molecular flexibility index (Phi) is 4.37. The van der Waals surface area contributed by atoms with Crippen molar-refractivity contribution in [1.82, 2.24) is 15.0 Å². The summed E-state index contributed by atoms with van der Waals surface area (Å²) in [6.45, 7) is 1.36. The third-order valence-corrected chi connectivity index (χ3v) is 4.65. The molecule has 1 aromatic rings. The number of ether oxygens (including phenoxy) is 1. The molecule has 1 unspecified atom stereocenters. The van der Waals surface area contributed by atoms with Crippen molar-refractivity contribution in [1.29, 1.82) is 0 Å². The van der Waals surface area contributed by atoms with Gasteiger partial charge in [0, 0.05) is 38.0 Å². The van der Waals surface area contributed by atoms with Crippen LogP contribution in [0.2, 0.25) is 0 Å². The van der Waals surface area contributed by atoms with Gasteiger partial charge in [-0.1, -0.05) is 0 Å². The second-order valence-corrected chi connectivity index (χ2v) is 6.25. The molecule has 1 atom stereocenters. The van der Waals surface area contributed by atoms with Gasteiger partial charge in [0.05, 0.1) is 12.3 Å². The fourth-order valence-electron chi connectivity index (χ4n) is 3.36. The van der Waals surface area contributed by atoms with Crippen molar-refractivity contribution in [3.8, 4) is 0 Å². The van der Waals surface area contributed by atoms with E-state index in [2.05, 4.69) is 21.8 Å². The average Bonchev–Trinajstić information content (AvgIpc) is 2.96. The Labute approximate surface area is 131 Å². The average molecular weight is 306 g/mol. The van der Waals surface area contributed by atoms with Crippen LogP contribution in [-0.4, -0.2) is 41.6 Å². The van der Waals surface area contributed by atoms with Gasteiger partial charge in [-0.05, 0) is 31.8 Å². The lowest BCUT2D eigenvalue weighted by molar-refractivity contribution is 0.203. The Morgan fingerprint density at radius 3 is 2.95 bits per heavy atom. The Morgan fingerprint density at radius 1 is 1.45 bits per heavy atom. The molecule has 0 bridgehead atoms. The number of imidazole rings is 1. The quantitative estimate of drug-likeness (QED) is 0.579. The van der Waals surface area contributed by atoms with E-state index in [1.165, 1.54) is 0 Å². The Balaban J connectivity index is 1.81. The molecule has 1 aliphatic carbocycles. The molecule has 1 aliphatic heterocycles. The molecule has 0 amide bonds. The smallest absolute Gasteiger partial charge is 0.174 e. The first-order valence-corrected chi connectivity index (χ1v) is 7.94. The molecule has 7 heteroatoms. The zero-order chi connectivity index (χ0) is 15.6. The summed E-state index contributed by atoms with van der Waals surface area (Å²) in [5.41, 5.74) is 16.5. The Hall–Kier alpha value is -1.57. The first-order valence-electron chi connectivity index (χ1n) is 7.94. The topological polar surface area (TPSA) is 103 Å². The summed E-state index contributed by atoms with van der Waals surface area (Å²) in [5, 5.41) is 3.38. The molecule has 0 spiro atoms. The predicted octanol–water partition coefficient (Wildman–Crippen LogP) is 0.190. The molecule has 0 saturated heterocycles. The van der Waals surface area contributed by atoms with Crippen molar-refractivity contribution in [3.63, 3.8) is 0 Å². The summed E-state index contributed by atoms with van der Waals surface area (Å²) >= 11 is 0. The summed E-state index contributed by atoms with van der Waals surface area (Å²) < 4.78 is 7.01. The lowest BCUT2D eigenvalue weighted by Crippen LogP contribution is -2.59. The van der Waals surface area contributed by atoms with E-state index in [4.69, 9.17) is 16.2 Å². The minimum absolute atomic E-state index is 0.315. The number of fused-ring (bicyclic) bond motifs is 1. The minimum atomic E-state index is -0.580. The third kappa shape index (κ3) is 2.97. The van der Waals surface area contributed by atoms with Crippen LogP contribution < -0.4 is 22.2 Å². The van der Waals surface area contributed by atoms with Crippen LogP contribution in [0.5, 0.6) is 0 Å². The van der Waals surface area contributed by atoms with Gasteiger partial charge in [0.15, 0.2) is 5.82 Å². The maximum Gasteiger partial charge on any atom is 0.174 e. The van der Waals surface area contributed by atoms with Crippen LogP contribution in [0.3, 0.4) is 0 Å². The normalized spacial score (nSPS) is 31.1. The largest absolute Gasteiger partial charge is 0.383 e. The highest BCUT2D eigenvalue weighted by atomic mass is 16.5. The van der Waals surface area contributed by atoms with Gasteiger partial charge in [-0.25, -0.2) is 9.66 Å². The van der Waals surface area contributed by atoms with Crippen molar-refractivity contribution >= 4 is 5.70 Å². The van der Waals surface area contributed by atoms with Crippen LogP contribution in [0.4, 0.5) is 0 Å². The number of aromatic nitrogens is 2. The lowest BCUT2D eigenvalue weighted by Gasteiger charge is -2.42. The van der Waals surface area contributed by atoms with Crippen molar-refractivity contribution < 1.29 is 4.74 Å². The molecule has 1 fully saturated rings. The van der Waals surface area contributed by atoms with Crippen LogP contribution >= 0.6 is 0 Å². The van der Waals surface area contributed by atoms with E-state index in [1.54, 1.807) is 13.3 Å². The van der Waals surface area contributed by atoms with Gasteiger partial charge in [-0.2, -0.15) is 0 Å². The first-order chi connectivity index (χ1) is 10.6. The molecule has 6 N–H and O–H groups in total. The number of rotatable bonds is 5. The molecule has 1 saturated carbocycles. The lowest BCUT2D eigenvalue weighted by atomic mass is 9.78. The molecular formula is C15H26N6O. The maximum atomic E-state index is 6.70. The van der Waals surface area contributed by atoms with Gasteiger partial charge >= 0.3 is 0 Å². The van der Waals surface area contributed by atoms with E-state index >= 15 is 0 Å². The van der Waals surface area contributed by atoms with E-state index in [-0.39, 0.29) is 0 Å². The number of hydrogen-bond donors (Lipinski definition) is 4. The summed E-state index contributed by atoms with van der Waals surface area (Å²) in [4.78, 5) is 4.39. The van der Waals surface area contributed by atoms with E-state index in [9.17, 15) is 0 Å². The molecule has 2 aliphatic rings. The SMILES string of the molecule is COCCNC1=CC(N)(C2CCC(N)CC2)Nn2ccnc21. The van der Waals surface area contributed by atoms with Gasteiger partial charge < -0.3 is 26.9 Å². The van der Waals surface area contributed by atoms with E-state index in [0.29, 0.717) is 18.6 Å². The zero-order valence-corrected chi connectivity index (χ0v) is 13.1. The van der Waals surface area contributed by atoms with Gasteiger partial charge in [0.2, 0.25) is 0 Å². The summed E-state index contributed by atoms with van der Waals surface area (Å²) in [6, 6.07) is 0.315. The first kappa shape index (κ1) is 15.3. The minimum Gasteiger partial charge on any atom is -0.383 e. The highest BCUT2D eigenvalue weighted by Gasteiger charge is 2.39. The molecule has 3 rings (SSSR count). The second-order valence-electron chi connectivity index (χ2n) is 6.25. The molecule has 22 heavy (non-hydrogen) atoms. The van der Waals surface area contributed by atoms with E-state index in [1.807, 2.05) is 10.9 Å². The molecular weight excluding hydrogens is 280 g/mol. The van der Waals surface area contributed by atoms with Crippen molar-refractivity contribution in [3.05, 3.63) is 24.3 Å². The van der Waals surface area contributed by atoms with Crippen LogP contribution in [0.1, 0.15) is 31.5 Å². The van der Waals surface area contributed by atoms with Crippen LogP contribution in [0.25, 0.3) is 5.70 Å². The molecule has 1 aromatic heterocycles. The highest BCUT2D eigenvalue weighted by Crippen LogP contribution is 2.34. The van der Waals surface area contributed by atoms with Crippen molar-refractivity contribution in [2.45, 2.75) is 37.4 Å². The van der Waals surface area contributed by atoms with E-state index in [0.717, 1.165) is 43.7 Å². The summed E-state index contributed by atoms with van der Waals surface area (Å²) in [6.07, 6.45) is 9.89. The summed E-state index contributed by atoms with van der Waals surface area (Å²) in [5.74, 6) is 1.21. The molecule has 0 radical (unpaired) electrons. The van der Waals surface area contributed by atoms with Gasteiger partial charge in [-0.3, -0.25) is 0 Å². The second kappa shape index (κ2) is 6.28. The van der Waals surface area contributed by atoms with Crippen molar-refractivity contribution in [2.75, 3.05) is 25.7 Å². The summed E-state index contributed by atoms with van der Waals surface area (Å²) in [7, 11) is 1.69. The van der Waals surface area contributed by atoms with Gasteiger partial charge in [-0.15, -0.1) is 0 Å². The van der Waals surface area contributed by atoms with Gasteiger partial charge in [0.1, 0.15) is 5.66 Å². The molecule has 122 valence electrons. The molecule has 0 aromatic carbocycles. The standard InChI is InChI=1S/C15H26N6O/c1-22-9-7-18-13-10-15(17,11-2-4-12(16)5-3-11)20-21-8-6-19-14(13)21/h6,8,10-12,18,20H,2-5,7,9,16-17H2,1H3. The number of nitrogens with two attached hydrogens (primary N) is 2. The van der Waals surface area contributed by atoms with Crippen molar-refractivity contribution in [2.24, 2.45) is 17.4 Å². The Morgan fingerprint density at radius 2 is 2.23 bits per heavy atom. The fourth-order valence-corrected chi connectivity index (χ4v) is 3.36. The zero-order valence-electron chi connectivity index (χ0n) is 13.1. The van der Waals surface area contributed by atoms with Gasteiger partial charge in [0.25, 0.3) is 0 Å².